The van der Waals surface area contributed by atoms with E-state index in [1.165, 1.54) is 0 Å². The number of aliphatic hydroxyl groups excluding tert-OH is 1. The van der Waals surface area contributed by atoms with Crippen LogP contribution in [0, 0.1) is 0 Å². The second-order valence-electron chi connectivity index (χ2n) is 4.43. The molecule has 3 rings (SSSR count). The molecule has 3 saturated heterocycles. The smallest absolute Gasteiger partial charge is 0.190 e. The lowest BCUT2D eigenvalue weighted by Gasteiger charge is -2.21. The number of fused-ring (bicyclic) bond motifs is 1. The molecule has 3 aliphatic heterocycles. The molecule has 0 aromatic heterocycles. The SMILES string of the molecule is CC1(C)O[C@H]2O[C@@H]([C@@H]3CO3)[C@H](O)[C@@H]2O1. The first-order valence-corrected chi connectivity index (χ1v) is 4.88. The standard InChI is InChI=1S/C9H14O5/c1-9(2)13-7-5(10)6(4-3-11-4)12-8(7)14-9/h4-8,10H,3H2,1-2H3/t4-,5-,6-,7-,8+/m0/s1. The first kappa shape index (κ1) is 9.06. The lowest BCUT2D eigenvalue weighted by Crippen LogP contribution is -2.37. The van der Waals surface area contributed by atoms with Crippen molar-refractivity contribution in [2.75, 3.05) is 6.61 Å². The molecule has 0 spiro atoms. The summed E-state index contributed by atoms with van der Waals surface area (Å²) in [5, 5.41) is 9.89. The van der Waals surface area contributed by atoms with Crippen LogP contribution >= 0.6 is 0 Å². The normalized spacial score (nSPS) is 54.6. The van der Waals surface area contributed by atoms with Crippen molar-refractivity contribution in [3.8, 4) is 0 Å². The fourth-order valence-corrected chi connectivity index (χ4v) is 2.07. The molecule has 0 aromatic rings. The molecule has 0 bridgehead atoms. The maximum absolute atomic E-state index is 9.89. The number of hydrogen-bond acceptors (Lipinski definition) is 5. The molecule has 0 unspecified atom stereocenters. The maximum Gasteiger partial charge on any atom is 0.190 e. The molecule has 80 valence electrons. The molecule has 0 aromatic carbocycles. The first-order chi connectivity index (χ1) is 6.57. The zero-order chi connectivity index (χ0) is 9.92. The van der Waals surface area contributed by atoms with Crippen LogP contribution in [0.3, 0.4) is 0 Å². The van der Waals surface area contributed by atoms with Gasteiger partial charge >= 0.3 is 0 Å². The van der Waals surface area contributed by atoms with Gasteiger partial charge in [-0.1, -0.05) is 0 Å². The number of ether oxygens (including phenoxy) is 4. The highest BCUT2D eigenvalue weighted by molar-refractivity contribution is 4.98. The Kier molecular flexibility index (Phi) is 1.73. The van der Waals surface area contributed by atoms with Crippen molar-refractivity contribution in [1.29, 1.82) is 0 Å². The van der Waals surface area contributed by atoms with Crippen LogP contribution in [0.2, 0.25) is 0 Å². The van der Waals surface area contributed by atoms with Gasteiger partial charge in [0.05, 0.1) is 6.61 Å². The Bertz CT molecular complexity index is 248. The van der Waals surface area contributed by atoms with Gasteiger partial charge in [0.2, 0.25) is 0 Å². The molecular weight excluding hydrogens is 188 g/mol. The predicted molar refractivity (Wildman–Crippen MR) is 44.4 cm³/mol. The summed E-state index contributed by atoms with van der Waals surface area (Å²) in [6.07, 6.45) is -1.74. The fourth-order valence-electron chi connectivity index (χ4n) is 2.07. The largest absolute Gasteiger partial charge is 0.387 e. The average molecular weight is 202 g/mol. The molecule has 0 saturated carbocycles. The summed E-state index contributed by atoms with van der Waals surface area (Å²) in [4.78, 5) is 0. The Morgan fingerprint density at radius 2 is 1.93 bits per heavy atom. The summed E-state index contributed by atoms with van der Waals surface area (Å²) in [6.45, 7) is 4.28. The van der Waals surface area contributed by atoms with Gasteiger partial charge in [0.1, 0.15) is 24.4 Å². The van der Waals surface area contributed by atoms with Gasteiger partial charge < -0.3 is 24.1 Å². The van der Waals surface area contributed by atoms with Crippen molar-refractivity contribution in [1.82, 2.24) is 0 Å². The average Bonchev–Trinajstić information content (AvgIpc) is 2.81. The van der Waals surface area contributed by atoms with Crippen molar-refractivity contribution >= 4 is 0 Å². The lowest BCUT2D eigenvalue weighted by atomic mass is 10.1. The molecule has 3 fully saturated rings. The van der Waals surface area contributed by atoms with Crippen LogP contribution < -0.4 is 0 Å². The van der Waals surface area contributed by atoms with Crippen LogP contribution in [-0.2, 0) is 18.9 Å². The molecule has 3 heterocycles. The quantitative estimate of drug-likeness (QED) is 0.587. The van der Waals surface area contributed by atoms with E-state index in [9.17, 15) is 5.11 Å². The Morgan fingerprint density at radius 1 is 1.21 bits per heavy atom. The maximum atomic E-state index is 9.89. The highest BCUT2D eigenvalue weighted by Gasteiger charge is 2.58. The van der Waals surface area contributed by atoms with Gasteiger partial charge in [-0.2, -0.15) is 0 Å². The topological polar surface area (TPSA) is 60.5 Å². The van der Waals surface area contributed by atoms with E-state index in [1.54, 1.807) is 0 Å². The summed E-state index contributed by atoms with van der Waals surface area (Å²) in [5.74, 6) is -0.661. The lowest BCUT2D eigenvalue weighted by molar-refractivity contribution is -0.216. The van der Waals surface area contributed by atoms with Gasteiger partial charge in [-0.3, -0.25) is 0 Å². The van der Waals surface area contributed by atoms with E-state index < -0.39 is 18.2 Å². The molecule has 0 amide bonds. The Balaban J connectivity index is 1.74. The van der Waals surface area contributed by atoms with Crippen LogP contribution in [0.5, 0.6) is 0 Å². The molecule has 14 heavy (non-hydrogen) atoms. The highest BCUT2D eigenvalue weighted by Crippen LogP contribution is 2.40. The van der Waals surface area contributed by atoms with E-state index >= 15 is 0 Å². The van der Waals surface area contributed by atoms with E-state index in [0.29, 0.717) is 6.61 Å². The molecule has 5 atom stereocenters. The Morgan fingerprint density at radius 3 is 2.50 bits per heavy atom. The van der Waals surface area contributed by atoms with E-state index in [2.05, 4.69) is 0 Å². The summed E-state index contributed by atoms with van der Waals surface area (Å²) in [6, 6.07) is 0. The second kappa shape index (κ2) is 2.68. The second-order valence-corrected chi connectivity index (χ2v) is 4.43. The van der Waals surface area contributed by atoms with Gasteiger partial charge in [0.15, 0.2) is 12.1 Å². The Labute approximate surface area is 81.9 Å². The van der Waals surface area contributed by atoms with Crippen LogP contribution in [-0.4, -0.2) is 48.2 Å². The van der Waals surface area contributed by atoms with Gasteiger partial charge in [0, 0.05) is 0 Å². The summed E-state index contributed by atoms with van der Waals surface area (Å²) in [7, 11) is 0. The minimum Gasteiger partial charge on any atom is -0.387 e. The van der Waals surface area contributed by atoms with Crippen LogP contribution in [0.1, 0.15) is 13.8 Å². The van der Waals surface area contributed by atoms with Crippen molar-refractivity contribution in [2.24, 2.45) is 0 Å². The van der Waals surface area contributed by atoms with Crippen molar-refractivity contribution < 1.29 is 24.1 Å². The molecule has 3 aliphatic rings. The highest BCUT2D eigenvalue weighted by atomic mass is 16.8. The number of hydrogen-bond donors (Lipinski definition) is 1. The minimum absolute atomic E-state index is 0.0194. The van der Waals surface area contributed by atoms with Crippen LogP contribution in [0.25, 0.3) is 0 Å². The third-order valence-electron chi connectivity index (χ3n) is 2.78. The van der Waals surface area contributed by atoms with E-state index in [0.717, 1.165) is 0 Å². The van der Waals surface area contributed by atoms with Gasteiger partial charge in [-0.15, -0.1) is 0 Å². The van der Waals surface area contributed by atoms with E-state index in [1.807, 2.05) is 13.8 Å². The summed E-state index contributed by atoms with van der Waals surface area (Å²) >= 11 is 0. The number of epoxide rings is 1. The number of aliphatic hydroxyl groups is 1. The van der Waals surface area contributed by atoms with Gasteiger partial charge in [-0.25, -0.2) is 0 Å². The zero-order valence-electron chi connectivity index (χ0n) is 8.17. The summed E-state index contributed by atoms with van der Waals surface area (Å²) < 4.78 is 21.7. The third-order valence-corrected chi connectivity index (χ3v) is 2.78. The fraction of sp³-hybridized carbons (Fsp3) is 1.00. The zero-order valence-corrected chi connectivity index (χ0v) is 8.17. The monoisotopic (exact) mass is 202 g/mol. The third kappa shape index (κ3) is 1.28. The predicted octanol–water partition coefficient (Wildman–Crippen LogP) is -0.378. The van der Waals surface area contributed by atoms with Gasteiger partial charge in [0.25, 0.3) is 0 Å². The van der Waals surface area contributed by atoms with Crippen LogP contribution in [0.4, 0.5) is 0 Å². The van der Waals surface area contributed by atoms with Crippen molar-refractivity contribution in [3.63, 3.8) is 0 Å². The van der Waals surface area contributed by atoms with E-state index in [4.69, 9.17) is 18.9 Å². The molecule has 0 radical (unpaired) electrons. The molecular formula is C9H14O5. The van der Waals surface area contributed by atoms with Crippen molar-refractivity contribution in [3.05, 3.63) is 0 Å². The van der Waals surface area contributed by atoms with Crippen LogP contribution in [0.15, 0.2) is 0 Å². The molecule has 5 heteroatoms. The van der Waals surface area contributed by atoms with Gasteiger partial charge in [-0.05, 0) is 13.8 Å². The Hall–Kier alpha value is -0.200. The summed E-state index contributed by atoms with van der Waals surface area (Å²) in [5.41, 5.74) is 0. The first-order valence-electron chi connectivity index (χ1n) is 4.88. The molecule has 0 aliphatic carbocycles. The van der Waals surface area contributed by atoms with Crippen molar-refractivity contribution in [2.45, 2.75) is 50.3 Å². The molecule has 5 nitrogen and oxygen atoms in total. The van der Waals surface area contributed by atoms with E-state index in [-0.39, 0.29) is 18.3 Å². The minimum atomic E-state index is -0.661. The number of rotatable bonds is 1. The molecule has 1 N–H and O–H groups in total.